The summed E-state index contributed by atoms with van der Waals surface area (Å²) in [5, 5.41) is 9.64. The Morgan fingerprint density at radius 3 is 2.37 bits per heavy atom. The van der Waals surface area contributed by atoms with Crippen molar-refractivity contribution in [3.63, 3.8) is 0 Å². The number of hydrogen-bond donors (Lipinski definition) is 1. The molecule has 19 heavy (non-hydrogen) atoms. The van der Waals surface area contributed by atoms with Crippen molar-refractivity contribution in [1.29, 1.82) is 0 Å². The van der Waals surface area contributed by atoms with Gasteiger partial charge in [-0.1, -0.05) is 17.7 Å². The van der Waals surface area contributed by atoms with Crippen LogP contribution in [0.5, 0.6) is 11.5 Å². The average Bonchev–Trinajstić information content (AvgIpc) is 2.34. The lowest BCUT2D eigenvalue weighted by Gasteiger charge is -2.11. The largest absolute Gasteiger partial charge is 0.453 e. The second-order valence-corrected chi connectivity index (χ2v) is 4.45. The van der Waals surface area contributed by atoms with Crippen LogP contribution in [0.25, 0.3) is 0 Å². The van der Waals surface area contributed by atoms with Crippen LogP contribution in [-0.2, 0) is 0 Å². The van der Waals surface area contributed by atoms with Crippen LogP contribution in [0.2, 0.25) is 5.02 Å². The van der Waals surface area contributed by atoms with Gasteiger partial charge in [0.05, 0.1) is 11.1 Å². The van der Waals surface area contributed by atoms with Crippen LogP contribution in [0.3, 0.4) is 0 Å². The Kier molecular flexibility index (Phi) is 4.02. The Bertz CT molecular complexity index is 600. The monoisotopic (exact) mass is 284 g/mol. The Labute approximate surface area is 114 Å². The number of aliphatic hydroxyl groups is 1. The molecule has 0 aliphatic carbocycles. The molecule has 0 unspecified atom stereocenters. The molecule has 0 heterocycles. The first-order valence-corrected chi connectivity index (χ1v) is 5.95. The molecule has 1 N–H and O–H groups in total. The van der Waals surface area contributed by atoms with E-state index in [1.54, 1.807) is 13.0 Å². The molecule has 0 aliphatic rings. The van der Waals surface area contributed by atoms with Crippen LogP contribution in [0, 0.1) is 11.6 Å². The van der Waals surface area contributed by atoms with E-state index in [1.165, 1.54) is 18.2 Å². The van der Waals surface area contributed by atoms with E-state index in [9.17, 15) is 13.9 Å². The second kappa shape index (κ2) is 5.55. The van der Waals surface area contributed by atoms with E-state index < -0.39 is 17.7 Å². The van der Waals surface area contributed by atoms with Gasteiger partial charge >= 0.3 is 0 Å². The van der Waals surface area contributed by atoms with Gasteiger partial charge in [-0.25, -0.2) is 8.78 Å². The standard InChI is InChI=1S/C14H11ClF2O2/c1-8(18)9-2-4-13(11(15)6-9)19-14-5-3-10(16)7-12(14)17/h2-8,18H,1H3/t8-/m1/s1. The number of ether oxygens (including phenoxy) is 1. The molecule has 0 fully saturated rings. The van der Waals surface area contributed by atoms with Crippen molar-refractivity contribution >= 4 is 11.6 Å². The third kappa shape index (κ3) is 3.22. The zero-order valence-corrected chi connectivity index (χ0v) is 10.8. The fraction of sp³-hybridized carbons (Fsp3) is 0.143. The first-order valence-electron chi connectivity index (χ1n) is 5.58. The van der Waals surface area contributed by atoms with Crippen molar-refractivity contribution < 1.29 is 18.6 Å². The van der Waals surface area contributed by atoms with Gasteiger partial charge in [-0.05, 0) is 36.8 Å². The first-order chi connectivity index (χ1) is 8.97. The number of aliphatic hydroxyl groups excluding tert-OH is 1. The summed E-state index contributed by atoms with van der Waals surface area (Å²) in [5.74, 6) is -1.37. The van der Waals surface area contributed by atoms with Gasteiger partial charge in [-0.3, -0.25) is 0 Å². The summed E-state index contributed by atoms with van der Waals surface area (Å²) < 4.78 is 31.5. The fourth-order valence-corrected chi connectivity index (χ4v) is 1.76. The number of hydrogen-bond acceptors (Lipinski definition) is 2. The molecule has 0 aliphatic heterocycles. The fourth-order valence-electron chi connectivity index (χ4n) is 1.54. The Morgan fingerprint density at radius 1 is 1.11 bits per heavy atom. The minimum atomic E-state index is -0.810. The molecule has 0 amide bonds. The van der Waals surface area contributed by atoms with Crippen molar-refractivity contribution in [3.05, 3.63) is 58.6 Å². The quantitative estimate of drug-likeness (QED) is 0.901. The predicted octanol–water partition coefficient (Wildman–Crippen LogP) is 4.46. The van der Waals surface area contributed by atoms with Crippen molar-refractivity contribution in [3.8, 4) is 11.5 Å². The lowest BCUT2D eigenvalue weighted by molar-refractivity contribution is 0.199. The van der Waals surface area contributed by atoms with E-state index in [2.05, 4.69) is 0 Å². The van der Waals surface area contributed by atoms with E-state index >= 15 is 0 Å². The molecule has 0 aromatic heterocycles. The number of halogens is 3. The zero-order valence-electron chi connectivity index (χ0n) is 10.0. The number of rotatable bonds is 3. The van der Waals surface area contributed by atoms with Gasteiger partial charge in [0, 0.05) is 6.07 Å². The maximum Gasteiger partial charge on any atom is 0.168 e. The highest BCUT2D eigenvalue weighted by Gasteiger charge is 2.10. The Balaban J connectivity index is 2.28. The Hall–Kier alpha value is -1.65. The van der Waals surface area contributed by atoms with Crippen molar-refractivity contribution in [2.75, 3.05) is 0 Å². The van der Waals surface area contributed by atoms with E-state index in [-0.39, 0.29) is 16.5 Å². The molecule has 0 radical (unpaired) electrons. The van der Waals surface area contributed by atoms with Crippen molar-refractivity contribution in [2.45, 2.75) is 13.0 Å². The molecule has 100 valence electrons. The molecule has 0 saturated heterocycles. The molecule has 0 saturated carbocycles. The maximum absolute atomic E-state index is 13.4. The predicted molar refractivity (Wildman–Crippen MR) is 68.5 cm³/mol. The molecule has 2 rings (SSSR count). The summed E-state index contributed by atoms with van der Waals surface area (Å²) in [4.78, 5) is 0. The summed E-state index contributed by atoms with van der Waals surface area (Å²) >= 11 is 5.97. The minimum Gasteiger partial charge on any atom is -0.453 e. The van der Waals surface area contributed by atoms with E-state index in [0.717, 1.165) is 12.1 Å². The molecule has 5 heteroatoms. The van der Waals surface area contributed by atoms with Crippen LogP contribution in [0.1, 0.15) is 18.6 Å². The number of benzene rings is 2. The van der Waals surface area contributed by atoms with E-state index in [0.29, 0.717) is 5.56 Å². The van der Waals surface area contributed by atoms with Crippen LogP contribution < -0.4 is 4.74 Å². The second-order valence-electron chi connectivity index (χ2n) is 4.04. The third-order valence-corrected chi connectivity index (χ3v) is 2.85. The summed E-state index contributed by atoms with van der Waals surface area (Å²) in [6.07, 6.45) is -0.658. The van der Waals surface area contributed by atoms with Gasteiger partial charge in [0.25, 0.3) is 0 Å². The highest BCUT2D eigenvalue weighted by atomic mass is 35.5. The highest BCUT2D eigenvalue weighted by molar-refractivity contribution is 6.32. The highest BCUT2D eigenvalue weighted by Crippen LogP contribution is 2.32. The SMILES string of the molecule is C[C@@H](O)c1ccc(Oc2ccc(F)cc2F)c(Cl)c1. The van der Waals surface area contributed by atoms with Crippen LogP contribution in [0.4, 0.5) is 8.78 Å². The van der Waals surface area contributed by atoms with Crippen molar-refractivity contribution in [2.24, 2.45) is 0 Å². The maximum atomic E-state index is 13.4. The normalized spacial score (nSPS) is 12.3. The van der Waals surface area contributed by atoms with E-state index in [1.807, 2.05) is 0 Å². The van der Waals surface area contributed by atoms with Crippen LogP contribution >= 0.6 is 11.6 Å². The molecular formula is C14H11ClF2O2. The molecule has 2 nitrogen and oxygen atoms in total. The molecule has 0 bridgehead atoms. The van der Waals surface area contributed by atoms with Gasteiger partial charge in [0.15, 0.2) is 11.6 Å². The van der Waals surface area contributed by atoms with Crippen LogP contribution in [0.15, 0.2) is 36.4 Å². The van der Waals surface area contributed by atoms with Crippen LogP contribution in [-0.4, -0.2) is 5.11 Å². The molecule has 0 spiro atoms. The zero-order chi connectivity index (χ0) is 14.0. The molecule has 2 aromatic carbocycles. The summed E-state index contributed by atoms with van der Waals surface area (Å²) in [6, 6.07) is 7.68. The third-order valence-electron chi connectivity index (χ3n) is 2.55. The van der Waals surface area contributed by atoms with Crippen molar-refractivity contribution in [1.82, 2.24) is 0 Å². The lowest BCUT2D eigenvalue weighted by Crippen LogP contribution is -1.93. The topological polar surface area (TPSA) is 29.5 Å². The van der Waals surface area contributed by atoms with Gasteiger partial charge < -0.3 is 9.84 Å². The van der Waals surface area contributed by atoms with E-state index in [4.69, 9.17) is 16.3 Å². The smallest absolute Gasteiger partial charge is 0.168 e. The lowest BCUT2D eigenvalue weighted by atomic mass is 10.1. The summed E-state index contributed by atoms with van der Waals surface area (Å²) in [6.45, 7) is 1.60. The van der Waals surface area contributed by atoms with Gasteiger partial charge in [0.1, 0.15) is 11.6 Å². The molecular weight excluding hydrogens is 274 g/mol. The summed E-state index contributed by atoms with van der Waals surface area (Å²) in [5.41, 5.74) is 0.622. The van der Waals surface area contributed by atoms with Gasteiger partial charge in [0.2, 0.25) is 0 Å². The van der Waals surface area contributed by atoms with Gasteiger partial charge in [-0.15, -0.1) is 0 Å². The van der Waals surface area contributed by atoms with Gasteiger partial charge in [-0.2, -0.15) is 0 Å². The minimum absolute atomic E-state index is 0.118. The first kappa shape index (κ1) is 13.8. The molecule has 1 atom stereocenters. The summed E-state index contributed by atoms with van der Waals surface area (Å²) in [7, 11) is 0. The average molecular weight is 285 g/mol. The Morgan fingerprint density at radius 2 is 1.79 bits per heavy atom. The molecule has 2 aromatic rings.